The van der Waals surface area contributed by atoms with Gasteiger partial charge in [0.1, 0.15) is 17.3 Å². The minimum atomic E-state index is -0.258. The number of halogens is 1. The van der Waals surface area contributed by atoms with Gasteiger partial charge in [0, 0.05) is 11.3 Å². The fourth-order valence-corrected chi connectivity index (χ4v) is 2.06. The summed E-state index contributed by atoms with van der Waals surface area (Å²) in [4.78, 5) is 20.4. The lowest BCUT2D eigenvalue weighted by molar-refractivity contribution is 0.0938. The van der Waals surface area contributed by atoms with Gasteiger partial charge in [0.25, 0.3) is 5.91 Å². The molecule has 20 heavy (non-hydrogen) atoms. The van der Waals surface area contributed by atoms with Crippen LogP contribution in [0.1, 0.15) is 48.2 Å². The zero-order valence-electron chi connectivity index (χ0n) is 11.4. The number of rotatable bonds is 5. The number of amides is 1. The predicted octanol–water partition coefficient (Wildman–Crippen LogP) is 2.30. The van der Waals surface area contributed by atoms with Crippen LogP contribution in [-0.2, 0) is 6.42 Å². The van der Waals surface area contributed by atoms with Gasteiger partial charge < -0.3 is 5.32 Å². The Hall–Kier alpha value is -1.95. The molecule has 0 spiro atoms. The summed E-state index contributed by atoms with van der Waals surface area (Å²) >= 11 is 5.95. The molecule has 7 heteroatoms. The van der Waals surface area contributed by atoms with E-state index in [0.717, 1.165) is 18.5 Å². The summed E-state index contributed by atoms with van der Waals surface area (Å²) in [6, 6.07) is 3.06. The molecule has 0 bridgehead atoms. The van der Waals surface area contributed by atoms with Crippen LogP contribution in [0.15, 0.2) is 18.5 Å². The first kappa shape index (κ1) is 14.5. The lowest BCUT2D eigenvalue weighted by Gasteiger charge is -2.11. The average molecular weight is 294 g/mol. The summed E-state index contributed by atoms with van der Waals surface area (Å²) in [5, 5.41) is 9.64. The van der Waals surface area contributed by atoms with E-state index < -0.39 is 0 Å². The van der Waals surface area contributed by atoms with Crippen molar-refractivity contribution < 1.29 is 4.79 Å². The second-order valence-electron chi connectivity index (χ2n) is 4.49. The van der Waals surface area contributed by atoms with Gasteiger partial charge in [0.15, 0.2) is 0 Å². The quantitative estimate of drug-likeness (QED) is 0.829. The van der Waals surface area contributed by atoms with Crippen molar-refractivity contribution in [1.29, 1.82) is 0 Å². The molecule has 6 nitrogen and oxygen atoms in total. The van der Waals surface area contributed by atoms with E-state index in [1.807, 2.05) is 13.8 Å². The van der Waals surface area contributed by atoms with E-state index in [9.17, 15) is 4.79 Å². The van der Waals surface area contributed by atoms with E-state index >= 15 is 0 Å². The molecule has 1 atom stereocenters. The highest BCUT2D eigenvalue weighted by atomic mass is 35.5. The van der Waals surface area contributed by atoms with Crippen LogP contribution in [0.25, 0.3) is 0 Å². The lowest BCUT2D eigenvalue weighted by atomic mass is 10.1. The van der Waals surface area contributed by atoms with Crippen molar-refractivity contribution in [2.45, 2.75) is 32.7 Å². The number of pyridine rings is 1. The predicted molar refractivity (Wildman–Crippen MR) is 75.5 cm³/mol. The standard InChI is InChI=1S/C13H16ClN5O/c1-3-4-10-5-9(6-11(14)18-10)13(20)17-8(2)12-15-7-16-19-12/h5-8H,3-4H2,1-2H3,(H,17,20)(H,15,16,19). The first-order chi connectivity index (χ1) is 9.60. The molecule has 1 unspecified atom stereocenters. The van der Waals surface area contributed by atoms with Crippen LogP contribution in [0, 0.1) is 0 Å². The van der Waals surface area contributed by atoms with Crippen LogP contribution in [0.5, 0.6) is 0 Å². The zero-order valence-corrected chi connectivity index (χ0v) is 12.1. The highest BCUT2D eigenvalue weighted by Crippen LogP contribution is 2.14. The molecule has 2 rings (SSSR count). The molecule has 0 aliphatic heterocycles. The molecule has 106 valence electrons. The Morgan fingerprint density at radius 1 is 1.50 bits per heavy atom. The van der Waals surface area contributed by atoms with Crippen LogP contribution < -0.4 is 5.32 Å². The maximum atomic E-state index is 12.2. The van der Waals surface area contributed by atoms with E-state index in [-0.39, 0.29) is 11.9 Å². The normalized spacial score (nSPS) is 12.2. The number of carbonyl (C=O) groups excluding carboxylic acids is 1. The van der Waals surface area contributed by atoms with Crippen LogP contribution in [0.2, 0.25) is 5.15 Å². The Morgan fingerprint density at radius 3 is 2.95 bits per heavy atom. The molecule has 0 aliphatic carbocycles. The van der Waals surface area contributed by atoms with Gasteiger partial charge in [-0.1, -0.05) is 24.9 Å². The summed E-state index contributed by atoms with van der Waals surface area (Å²) in [5.41, 5.74) is 1.32. The Morgan fingerprint density at radius 2 is 2.30 bits per heavy atom. The van der Waals surface area contributed by atoms with Gasteiger partial charge in [-0.25, -0.2) is 9.97 Å². The number of carbonyl (C=O) groups is 1. The molecule has 0 saturated heterocycles. The van der Waals surface area contributed by atoms with E-state index in [2.05, 4.69) is 25.5 Å². The smallest absolute Gasteiger partial charge is 0.252 e. The topological polar surface area (TPSA) is 83.6 Å². The van der Waals surface area contributed by atoms with Crippen molar-refractivity contribution in [3.8, 4) is 0 Å². The monoisotopic (exact) mass is 293 g/mol. The molecule has 2 aromatic rings. The molecule has 0 fully saturated rings. The molecule has 0 radical (unpaired) electrons. The van der Waals surface area contributed by atoms with Gasteiger partial charge in [0.05, 0.1) is 6.04 Å². The molecule has 0 saturated carbocycles. The van der Waals surface area contributed by atoms with Crippen molar-refractivity contribution in [1.82, 2.24) is 25.5 Å². The minimum absolute atomic E-state index is 0.212. The third-order valence-corrected chi connectivity index (χ3v) is 3.00. The number of aryl methyl sites for hydroxylation is 1. The molecule has 1 amide bonds. The Bertz CT molecular complexity index is 584. The fourth-order valence-electron chi connectivity index (χ4n) is 1.84. The van der Waals surface area contributed by atoms with E-state index in [1.54, 1.807) is 12.1 Å². The highest BCUT2D eigenvalue weighted by molar-refractivity contribution is 6.29. The molecule has 2 N–H and O–H groups in total. The molecule has 0 aromatic carbocycles. The van der Waals surface area contributed by atoms with Crippen LogP contribution >= 0.6 is 11.6 Å². The van der Waals surface area contributed by atoms with Crippen molar-refractivity contribution in [3.63, 3.8) is 0 Å². The Labute approximate surface area is 122 Å². The van der Waals surface area contributed by atoms with Crippen LogP contribution in [-0.4, -0.2) is 26.1 Å². The third-order valence-electron chi connectivity index (χ3n) is 2.81. The van der Waals surface area contributed by atoms with Crippen LogP contribution in [0.3, 0.4) is 0 Å². The molecular weight excluding hydrogens is 278 g/mol. The largest absolute Gasteiger partial charge is 0.342 e. The number of aromatic amines is 1. The number of aromatic nitrogens is 4. The third kappa shape index (κ3) is 3.54. The van der Waals surface area contributed by atoms with Gasteiger partial charge >= 0.3 is 0 Å². The second-order valence-corrected chi connectivity index (χ2v) is 4.87. The van der Waals surface area contributed by atoms with Gasteiger partial charge in [-0.05, 0) is 25.5 Å². The number of H-pyrrole nitrogens is 1. The average Bonchev–Trinajstić information content (AvgIpc) is 2.92. The summed E-state index contributed by atoms with van der Waals surface area (Å²) < 4.78 is 0. The summed E-state index contributed by atoms with van der Waals surface area (Å²) in [5.74, 6) is 0.392. The lowest BCUT2D eigenvalue weighted by Crippen LogP contribution is -2.27. The molecular formula is C13H16ClN5O. The summed E-state index contributed by atoms with van der Waals surface area (Å²) in [6.07, 6.45) is 3.14. The number of nitrogens with zero attached hydrogens (tertiary/aromatic N) is 3. The summed E-state index contributed by atoms with van der Waals surface area (Å²) in [7, 11) is 0. The first-order valence-electron chi connectivity index (χ1n) is 6.42. The number of hydrogen-bond donors (Lipinski definition) is 2. The van der Waals surface area contributed by atoms with Gasteiger partial charge in [-0.3, -0.25) is 9.89 Å². The maximum Gasteiger partial charge on any atom is 0.252 e. The van der Waals surface area contributed by atoms with E-state index in [4.69, 9.17) is 11.6 Å². The van der Waals surface area contributed by atoms with Crippen LogP contribution in [0.4, 0.5) is 0 Å². The number of hydrogen-bond acceptors (Lipinski definition) is 4. The maximum absolute atomic E-state index is 12.2. The van der Waals surface area contributed by atoms with Crippen molar-refractivity contribution in [2.75, 3.05) is 0 Å². The van der Waals surface area contributed by atoms with Gasteiger partial charge in [0.2, 0.25) is 0 Å². The fraction of sp³-hybridized carbons (Fsp3) is 0.385. The molecule has 2 heterocycles. The van der Waals surface area contributed by atoms with Crippen molar-refractivity contribution in [2.24, 2.45) is 0 Å². The van der Waals surface area contributed by atoms with E-state index in [0.29, 0.717) is 16.5 Å². The van der Waals surface area contributed by atoms with Crippen molar-refractivity contribution in [3.05, 3.63) is 40.7 Å². The minimum Gasteiger partial charge on any atom is -0.342 e. The molecule has 2 aromatic heterocycles. The molecule has 0 aliphatic rings. The number of nitrogens with one attached hydrogen (secondary N) is 2. The highest BCUT2D eigenvalue weighted by Gasteiger charge is 2.14. The first-order valence-corrected chi connectivity index (χ1v) is 6.80. The van der Waals surface area contributed by atoms with Gasteiger partial charge in [-0.2, -0.15) is 5.10 Å². The Kier molecular flexibility index (Phi) is 4.68. The SMILES string of the molecule is CCCc1cc(C(=O)NC(C)c2ncn[nH]2)cc(Cl)n1. The second kappa shape index (κ2) is 6.47. The van der Waals surface area contributed by atoms with E-state index in [1.165, 1.54) is 6.33 Å². The van der Waals surface area contributed by atoms with Gasteiger partial charge in [-0.15, -0.1) is 0 Å². The summed E-state index contributed by atoms with van der Waals surface area (Å²) in [6.45, 7) is 3.88. The van der Waals surface area contributed by atoms with Crippen molar-refractivity contribution >= 4 is 17.5 Å². The Balaban J connectivity index is 2.12. The zero-order chi connectivity index (χ0) is 14.5.